The lowest BCUT2D eigenvalue weighted by Crippen LogP contribution is -2.47. The van der Waals surface area contributed by atoms with Crippen molar-refractivity contribution in [3.63, 3.8) is 0 Å². The number of hydrogen-bond donors (Lipinski definition) is 1. The molecule has 2 amide bonds. The number of rotatable bonds is 7. The molecule has 6 heteroatoms. The van der Waals surface area contributed by atoms with Gasteiger partial charge in [0, 0.05) is 56.3 Å². The summed E-state index contributed by atoms with van der Waals surface area (Å²) in [6.45, 7) is 4.07. The Kier molecular flexibility index (Phi) is 7.46. The number of nitrogens with one attached hydrogen (secondary N) is 1. The van der Waals surface area contributed by atoms with Gasteiger partial charge < -0.3 is 15.1 Å². The van der Waals surface area contributed by atoms with Crippen LogP contribution < -0.4 is 5.32 Å². The standard InChI is InChI=1S/C22H26ClN3O2/c23-20-8-4-7-19(17-20)22(28)26(13-9-18-5-2-1-3-6-18)14-10-21(27)25-15-11-24-12-16-25/h1-8,17,24H,9-16H2. The van der Waals surface area contributed by atoms with Crippen molar-refractivity contribution in [1.82, 2.24) is 15.1 Å². The first-order valence-corrected chi connectivity index (χ1v) is 10.1. The Hall–Kier alpha value is -2.37. The molecule has 1 saturated heterocycles. The fourth-order valence-corrected chi connectivity index (χ4v) is 3.52. The maximum atomic E-state index is 13.0. The van der Waals surface area contributed by atoms with E-state index in [1.54, 1.807) is 29.2 Å². The van der Waals surface area contributed by atoms with Gasteiger partial charge in [0.05, 0.1) is 0 Å². The highest BCUT2D eigenvalue weighted by Gasteiger charge is 2.20. The molecule has 5 nitrogen and oxygen atoms in total. The summed E-state index contributed by atoms with van der Waals surface area (Å²) >= 11 is 6.06. The van der Waals surface area contributed by atoms with Crippen LogP contribution in [0.1, 0.15) is 22.3 Å². The van der Waals surface area contributed by atoms with Gasteiger partial charge in [-0.1, -0.05) is 48.0 Å². The summed E-state index contributed by atoms with van der Waals surface area (Å²) < 4.78 is 0. The van der Waals surface area contributed by atoms with Gasteiger partial charge >= 0.3 is 0 Å². The normalized spacial score (nSPS) is 14.0. The zero-order chi connectivity index (χ0) is 19.8. The minimum absolute atomic E-state index is 0.0912. The van der Waals surface area contributed by atoms with Crippen LogP contribution in [0.25, 0.3) is 0 Å². The first-order chi connectivity index (χ1) is 13.6. The highest BCUT2D eigenvalue weighted by molar-refractivity contribution is 6.30. The van der Waals surface area contributed by atoms with Gasteiger partial charge in [-0.25, -0.2) is 0 Å². The lowest BCUT2D eigenvalue weighted by molar-refractivity contribution is -0.131. The van der Waals surface area contributed by atoms with Crippen LogP contribution >= 0.6 is 11.6 Å². The lowest BCUT2D eigenvalue weighted by Gasteiger charge is -2.29. The maximum Gasteiger partial charge on any atom is 0.253 e. The van der Waals surface area contributed by atoms with E-state index in [1.165, 1.54) is 5.56 Å². The predicted octanol–water partition coefficient (Wildman–Crippen LogP) is 2.85. The zero-order valence-corrected chi connectivity index (χ0v) is 16.7. The van der Waals surface area contributed by atoms with Crippen LogP contribution in [0.15, 0.2) is 54.6 Å². The summed E-state index contributed by atoms with van der Waals surface area (Å²) in [7, 11) is 0. The molecule has 0 aromatic heterocycles. The third-order valence-electron chi connectivity index (χ3n) is 4.94. The van der Waals surface area contributed by atoms with E-state index in [1.807, 2.05) is 35.2 Å². The van der Waals surface area contributed by atoms with E-state index in [-0.39, 0.29) is 11.8 Å². The van der Waals surface area contributed by atoms with Crippen LogP contribution in [0.5, 0.6) is 0 Å². The van der Waals surface area contributed by atoms with Crippen LogP contribution in [0.2, 0.25) is 5.02 Å². The van der Waals surface area contributed by atoms with Gasteiger partial charge in [0.2, 0.25) is 5.91 Å². The molecule has 0 spiro atoms. The molecule has 3 rings (SSSR count). The Morgan fingerprint density at radius 3 is 2.46 bits per heavy atom. The van der Waals surface area contributed by atoms with Gasteiger partial charge in [-0.3, -0.25) is 9.59 Å². The Bertz CT molecular complexity index is 791. The summed E-state index contributed by atoms with van der Waals surface area (Å²) in [6.07, 6.45) is 1.08. The molecular formula is C22H26ClN3O2. The van der Waals surface area contributed by atoms with Gasteiger partial charge in [-0.15, -0.1) is 0 Å². The molecule has 0 saturated carbocycles. The van der Waals surface area contributed by atoms with Crippen molar-refractivity contribution < 1.29 is 9.59 Å². The number of hydrogen-bond acceptors (Lipinski definition) is 3. The first kappa shape index (κ1) is 20.4. The van der Waals surface area contributed by atoms with Crippen molar-refractivity contribution in [2.45, 2.75) is 12.8 Å². The number of nitrogens with zero attached hydrogens (tertiary/aromatic N) is 2. The number of carbonyl (C=O) groups is 2. The van der Waals surface area contributed by atoms with E-state index in [0.29, 0.717) is 30.1 Å². The Morgan fingerprint density at radius 1 is 1.00 bits per heavy atom. The Labute approximate surface area is 171 Å². The van der Waals surface area contributed by atoms with Gasteiger partial charge in [-0.2, -0.15) is 0 Å². The molecule has 148 valence electrons. The van der Waals surface area contributed by atoms with E-state index >= 15 is 0 Å². The number of piperazine rings is 1. The molecule has 2 aromatic carbocycles. The fraction of sp³-hybridized carbons (Fsp3) is 0.364. The average molecular weight is 400 g/mol. The first-order valence-electron chi connectivity index (χ1n) is 9.71. The van der Waals surface area contributed by atoms with E-state index in [9.17, 15) is 9.59 Å². The van der Waals surface area contributed by atoms with E-state index in [0.717, 1.165) is 32.6 Å². The molecule has 1 fully saturated rings. The van der Waals surface area contributed by atoms with E-state index in [4.69, 9.17) is 11.6 Å². The third kappa shape index (κ3) is 5.81. The summed E-state index contributed by atoms with van der Waals surface area (Å²) in [5, 5.41) is 3.78. The average Bonchev–Trinajstić information content (AvgIpc) is 2.74. The molecule has 1 aliphatic heterocycles. The van der Waals surface area contributed by atoms with Crippen LogP contribution in [0, 0.1) is 0 Å². The van der Waals surface area contributed by atoms with Crippen LogP contribution in [-0.4, -0.2) is 60.9 Å². The monoisotopic (exact) mass is 399 g/mol. The number of carbonyl (C=O) groups excluding carboxylic acids is 2. The molecule has 0 bridgehead atoms. The molecule has 1 aliphatic rings. The zero-order valence-electron chi connectivity index (χ0n) is 15.9. The second-order valence-electron chi connectivity index (χ2n) is 6.92. The second-order valence-corrected chi connectivity index (χ2v) is 7.36. The smallest absolute Gasteiger partial charge is 0.253 e. The molecular weight excluding hydrogens is 374 g/mol. The number of amides is 2. The second kappa shape index (κ2) is 10.2. The van der Waals surface area contributed by atoms with E-state index in [2.05, 4.69) is 5.32 Å². The largest absolute Gasteiger partial charge is 0.340 e. The molecule has 2 aromatic rings. The molecule has 1 N–H and O–H groups in total. The van der Waals surface area contributed by atoms with Crippen molar-refractivity contribution in [1.29, 1.82) is 0 Å². The van der Waals surface area contributed by atoms with E-state index < -0.39 is 0 Å². The summed E-state index contributed by atoms with van der Waals surface area (Å²) in [5.41, 5.74) is 1.72. The van der Waals surface area contributed by atoms with Crippen molar-refractivity contribution in [2.24, 2.45) is 0 Å². The van der Waals surface area contributed by atoms with Crippen molar-refractivity contribution in [3.05, 3.63) is 70.7 Å². The van der Waals surface area contributed by atoms with Gasteiger partial charge in [0.25, 0.3) is 5.91 Å². The topological polar surface area (TPSA) is 52.7 Å². The van der Waals surface area contributed by atoms with Crippen molar-refractivity contribution >= 4 is 23.4 Å². The molecule has 1 heterocycles. The summed E-state index contributed by atoms with van der Waals surface area (Å²) in [5.74, 6) is 0.0108. The van der Waals surface area contributed by atoms with Gasteiger partial charge in [0.15, 0.2) is 0 Å². The third-order valence-corrected chi connectivity index (χ3v) is 5.17. The predicted molar refractivity (Wildman–Crippen MR) is 112 cm³/mol. The number of benzene rings is 2. The summed E-state index contributed by atoms with van der Waals surface area (Å²) in [6, 6.07) is 17.0. The highest BCUT2D eigenvalue weighted by Crippen LogP contribution is 2.14. The van der Waals surface area contributed by atoms with Crippen molar-refractivity contribution in [2.75, 3.05) is 39.3 Å². The molecule has 0 atom stereocenters. The lowest BCUT2D eigenvalue weighted by atomic mass is 10.1. The minimum atomic E-state index is -0.0912. The molecule has 28 heavy (non-hydrogen) atoms. The van der Waals surface area contributed by atoms with Gasteiger partial charge in [0.1, 0.15) is 0 Å². The van der Waals surface area contributed by atoms with Gasteiger partial charge in [-0.05, 0) is 30.2 Å². The fourth-order valence-electron chi connectivity index (χ4n) is 3.33. The Morgan fingerprint density at radius 2 is 1.75 bits per heavy atom. The highest BCUT2D eigenvalue weighted by atomic mass is 35.5. The van der Waals surface area contributed by atoms with Crippen LogP contribution in [-0.2, 0) is 11.2 Å². The molecule has 0 unspecified atom stereocenters. The molecule has 0 aliphatic carbocycles. The maximum absolute atomic E-state index is 13.0. The van der Waals surface area contributed by atoms with Crippen molar-refractivity contribution in [3.8, 4) is 0 Å². The Balaban J connectivity index is 1.66. The molecule has 0 radical (unpaired) electrons. The number of halogens is 1. The SMILES string of the molecule is O=C(CCN(CCc1ccccc1)C(=O)c1cccc(Cl)c1)N1CCNCC1. The van der Waals surface area contributed by atoms with Crippen LogP contribution in [0.3, 0.4) is 0 Å². The van der Waals surface area contributed by atoms with Crippen LogP contribution in [0.4, 0.5) is 0 Å². The quantitative estimate of drug-likeness (QED) is 0.778. The summed E-state index contributed by atoms with van der Waals surface area (Å²) in [4.78, 5) is 29.2. The minimum Gasteiger partial charge on any atom is -0.340 e.